The Balaban J connectivity index is 1.83. The number of nitrogens with zero attached hydrogens (tertiary/aromatic N) is 2. The molecule has 0 radical (unpaired) electrons. The lowest BCUT2D eigenvalue weighted by molar-refractivity contribution is 0.127. The molecule has 1 N–H and O–H groups in total. The Labute approximate surface area is 111 Å². The minimum absolute atomic E-state index is 0.374. The number of nitrogens with one attached hydrogen (secondary N) is 1. The third-order valence-electron chi connectivity index (χ3n) is 2.83. The topological polar surface area (TPSA) is 47.0 Å². The maximum atomic E-state index is 5.56. The van der Waals surface area contributed by atoms with E-state index >= 15 is 0 Å². The van der Waals surface area contributed by atoms with E-state index in [9.17, 15) is 0 Å². The zero-order valence-corrected chi connectivity index (χ0v) is 11.9. The quantitative estimate of drug-likeness (QED) is 0.863. The molecule has 2 rings (SSSR count). The van der Waals surface area contributed by atoms with Crippen molar-refractivity contribution < 1.29 is 4.74 Å². The molecule has 2 heterocycles. The molecule has 17 heavy (non-hydrogen) atoms. The fourth-order valence-electron chi connectivity index (χ4n) is 1.79. The lowest BCUT2D eigenvalue weighted by Gasteiger charge is -2.12. The van der Waals surface area contributed by atoms with Gasteiger partial charge in [-0.3, -0.25) is 0 Å². The first kappa shape index (κ1) is 13.1. The lowest BCUT2D eigenvalue weighted by Crippen LogP contribution is -2.13. The zero-order chi connectivity index (χ0) is 12.1. The predicted octanol–water partition coefficient (Wildman–Crippen LogP) is 2.77. The maximum Gasteiger partial charge on any atom is 0.134 e. The summed E-state index contributed by atoms with van der Waals surface area (Å²) in [6.07, 6.45) is 2.65. The van der Waals surface area contributed by atoms with E-state index < -0.39 is 0 Å². The average molecular weight is 273 g/mol. The highest BCUT2D eigenvalue weighted by molar-refractivity contribution is 7.99. The summed E-state index contributed by atoms with van der Waals surface area (Å²) in [7, 11) is 0. The number of hydrogen-bond acceptors (Lipinski definition) is 6. The van der Waals surface area contributed by atoms with E-state index in [0.717, 1.165) is 42.4 Å². The fraction of sp³-hybridized carbons (Fsp3) is 0.818. The van der Waals surface area contributed by atoms with Crippen molar-refractivity contribution in [1.29, 1.82) is 0 Å². The highest BCUT2D eigenvalue weighted by Crippen LogP contribution is 2.31. The van der Waals surface area contributed by atoms with Gasteiger partial charge in [-0.1, -0.05) is 11.4 Å². The zero-order valence-electron chi connectivity index (χ0n) is 10.3. The Bertz CT molecular complexity index is 345. The van der Waals surface area contributed by atoms with Crippen molar-refractivity contribution >= 4 is 28.3 Å². The molecule has 0 spiro atoms. The standard InChI is InChI=1S/C11H19N3OS2/c1-3-5-12-11-9(13-14-17-11)7-16-10-4-6-15-8(10)2/h8,10,12H,3-7H2,1-2H3. The molecule has 1 aliphatic heterocycles. The van der Waals surface area contributed by atoms with Gasteiger partial charge in [0.25, 0.3) is 0 Å². The third-order valence-corrected chi connectivity index (χ3v) is 5.05. The van der Waals surface area contributed by atoms with Crippen molar-refractivity contribution in [3.8, 4) is 0 Å². The van der Waals surface area contributed by atoms with E-state index in [1.54, 1.807) is 0 Å². The SMILES string of the molecule is CCCNc1snnc1CSC1CCOC1C. The van der Waals surface area contributed by atoms with Gasteiger partial charge in [0.1, 0.15) is 10.7 Å². The van der Waals surface area contributed by atoms with Gasteiger partial charge in [-0.2, -0.15) is 0 Å². The summed E-state index contributed by atoms with van der Waals surface area (Å²) in [5, 5.41) is 9.32. The molecule has 6 heteroatoms. The summed E-state index contributed by atoms with van der Waals surface area (Å²) in [6.45, 7) is 6.20. The maximum absolute atomic E-state index is 5.56. The van der Waals surface area contributed by atoms with Gasteiger partial charge in [-0.25, -0.2) is 0 Å². The van der Waals surface area contributed by atoms with Crippen molar-refractivity contribution in [3.05, 3.63) is 5.69 Å². The molecular formula is C11H19N3OS2. The van der Waals surface area contributed by atoms with Crippen LogP contribution in [0.1, 0.15) is 32.4 Å². The largest absolute Gasteiger partial charge is 0.377 e. The smallest absolute Gasteiger partial charge is 0.134 e. The first-order valence-electron chi connectivity index (χ1n) is 6.09. The molecule has 0 amide bonds. The van der Waals surface area contributed by atoms with E-state index in [2.05, 4.69) is 28.8 Å². The normalized spacial score (nSPS) is 24.1. The first-order chi connectivity index (χ1) is 8.31. The van der Waals surface area contributed by atoms with Crippen LogP contribution in [0.5, 0.6) is 0 Å². The summed E-state index contributed by atoms with van der Waals surface area (Å²) in [5.41, 5.74) is 1.09. The molecule has 0 saturated carbocycles. The molecule has 1 saturated heterocycles. The Morgan fingerprint density at radius 3 is 3.18 bits per heavy atom. The van der Waals surface area contributed by atoms with E-state index in [4.69, 9.17) is 4.74 Å². The predicted molar refractivity (Wildman–Crippen MR) is 73.8 cm³/mol. The molecule has 4 nitrogen and oxygen atoms in total. The number of anilines is 1. The van der Waals surface area contributed by atoms with Gasteiger partial charge in [-0.05, 0) is 19.8 Å². The van der Waals surface area contributed by atoms with Gasteiger partial charge in [0.15, 0.2) is 0 Å². The average Bonchev–Trinajstić information content (AvgIpc) is 2.93. The Hall–Kier alpha value is -0.330. The number of ether oxygens (including phenoxy) is 1. The van der Waals surface area contributed by atoms with Crippen molar-refractivity contribution in [1.82, 2.24) is 9.59 Å². The van der Waals surface area contributed by atoms with Crippen LogP contribution in [0, 0.1) is 0 Å². The summed E-state index contributed by atoms with van der Waals surface area (Å²) >= 11 is 3.39. The highest BCUT2D eigenvalue weighted by Gasteiger charge is 2.25. The van der Waals surface area contributed by atoms with E-state index in [0.29, 0.717) is 11.4 Å². The van der Waals surface area contributed by atoms with Crippen LogP contribution in [0.4, 0.5) is 5.00 Å². The van der Waals surface area contributed by atoms with Crippen molar-refractivity contribution in [2.45, 2.75) is 43.8 Å². The number of rotatable bonds is 6. The molecule has 1 fully saturated rings. The Kier molecular flexibility index (Phi) is 5.06. The fourth-order valence-corrected chi connectivity index (χ4v) is 3.68. The van der Waals surface area contributed by atoms with Crippen LogP contribution < -0.4 is 5.32 Å². The van der Waals surface area contributed by atoms with Crippen molar-refractivity contribution in [3.63, 3.8) is 0 Å². The van der Waals surface area contributed by atoms with Crippen molar-refractivity contribution in [2.75, 3.05) is 18.5 Å². The molecule has 2 atom stereocenters. The first-order valence-corrected chi connectivity index (χ1v) is 7.91. The van der Waals surface area contributed by atoms with Crippen LogP contribution in [0.3, 0.4) is 0 Å². The van der Waals surface area contributed by atoms with Crippen LogP contribution in [-0.2, 0) is 10.5 Å². The molecule has 1 aliphatic rings. The van der Waals surface area contributed by atoms with Gasteiger partial charge in [0.2, 0.25) is 0 Å². The van der Waals surface area contributed by atoms with E-state index in [1.165, 1.54) is 11.5 Å². The molecule has 0 bridgehead atoms. The minimum Gasteiger partial charge on any atom is -0.377 e. The molecule has 0 aromatic carbocycles. The molecule has 96 valence electrons. The molecule has 1 aromatic rings. The second-order valence-electron chi connectivity index (χ2n) is 4.19. The van der Waals surface area contributed by atoms with Crippen molar-refractivity contribution in [2.24, 2.45) is 0 Å². The van der Waals surface area contributed by atoms with Crippen LogP contribution >= 0.6 is 23.3 Å². The summed E-state index contributed by atoms with van der Waals surface area (Å²) in [5.74, 6) is 0.931. The lowest BCUT2D eigenvalue weighted by atomic mass is 10.3. The molecule has 1 aromatic heterocycles. The third kappa shape index (κ3) is 3.56. The van der Waals surface area contributed by atoms with Crippen LogP contribution in [0.25, 0.3) is 0 Å². The molecule has 0 aliphatic carbocycles. The minimum atomic E-state index is 0.374. The molecule has 2 unspecified atom stereocenters. The summed E-state index contributed by atoms with van der Waals surface area (Å²) in [4.78, 5) is 0. The Morgan fingerprint density at radius 2 is 2.47 bits per heavy atom. The van der Waals surface area contributed by atoms with Gasteiger partial charge >= 0.3 is 0 Å². The summed E-state index contributed by atoms with van der Waals surface area (Å²) in [6, 6.07) is 0. The van der Waals surface area contributed by atoms with Gasteiger partial charge in [-0.15, -0.1) is 16.9 Å². The number of thioether (sulfide) groups is 1. The Morgan fingerprint density at radius 1 is 1.59 bits per heavy atom. The van der Waals surface area contributed by atoms with Crippen LogP contribution in [0.2, 0.25) is 0 Å². The number of hydrogen-bond donors (Lipinski definition) is 1. The molecular weight excluding hydrogens is 254 g/mol. The summed E-state index contributed by atoms with van der Waals surface area (Å²) < 4.78 is 9.58. The monoisotopic (exact) mass is 273 g/mol. The van der Waals surface area contributed by atoms with Crippen LogP contribution in [0.15, 0.2) is 0 Å². The van der Waals surface area contributed by atoms with E-state index in [1.807, 2.05) is 11.8 Å². The number of aromatic nitrogens is 2. The van der Waals surface area contributed by atoms with Gasteiger partial charge < -0.3 is 10.1 Å². The van der Waals surface area contributed by atoms with E-state index in [-0.39, 0.29) is 0 Å². The van der Waals surface area contributed by atoms with Crippen LogP contribution in [-0.4, -0.2) is 34.1 Å². The van der Waals surface area contributed by atoms with Gasteiger partial charge in [0, 0.05) is 35.7 Å². The second-order valence-corrected chi connectivity index (χ2v) is 6.17. The van der Waals surface area contributed by atoms with Gasteiger partial charge in [0.05, 0.1) is 6.10 Å². The second kappa shape index (κ2) is 6.56. The highest BCUT2D eigenvalue weighted by atomic mass is 32.2.